The fraction of sp³-hybridized carbons (Fsp3) is 0.158. The Morgan fingerprint density at radius 2 is 1.85 bits per heavy atom. The predicted octanol–water partition coefficient (Wildman–Crippen LogP) is 4.63. The van der Waals surface area contributed by atoms with E-state index in [4.69, 9.17) is 11.6 Å². The SMILES string of the molecule is Cc1cc(C)c(NC(=O)/C(C#N)=C\Nc2ccc(Cl)c([N+](=O)[O-])c2)c(C)c1. The highest BCUT2D eigenvalue weighted by atomic mass is 35.5. The summed E-state index contributed by atoms with van der Waals surface area (Å²) in [6, 6.07) is 9.78. The van der Waals surface area contributed by atoms with E-state index in [0.717, 1.165) is 16.7 Å². The molecule has 0 fully saturated rings. The third-order valence-corrected chi connectivity index (χ3v) is 4.13. The lowest BCUT2D eigenvalue weighted by Gasteiger charge is -2.12. The highest BCUT2D eigenvalue weighted by Crippen LogP contribution is 2.27. The number of rotatable bonds is 5. The summed E-state index contributed by atoms with van der Waals surface area (Å²) in [5.41, 5.74) is 3.38. The number of hydrogen-bond donors (Lipinski definition) is 2. The molecular weight excluding hydrogens is 368 g/mol. The van der Waals surface area contributed by atoms with Crippen LogP contribution in [-0.2, 0) is 4.79 Å². The molecule has 0 aromatic heterocycles. The van der Waals surface area contributed by atoms with Crippen molar-refractivity contribution in [1.29, 1.82) is 5.26 Å². The van der Waals surface area contributed by atoms with Gasteiger partial charge in [-0.3, -0.25) is 14.9 Å². The summed E-state index contributed by atoms with van der Waals surface area (Å²) in [5.74, 6) is -0.580. The van der Waals surface area contributed by atoms with Gasteiger partial charge in [0.1, 0.15) is 16.7 Å². The molecule has 0 bridgehead atoms. The molecule has 0 aliphatic carbocycles. The van der Waals surface area contributed by atoms with Crippen LogP contribution in [0.4, 0.5) is 17.1 Å². The molecule has 2 rings (SSSR count). The van der Waals surface area contributed by atoms with Gasteiger partial charge in [-0.25, -0.2) is 0 Å². The third kappa shape index (κ3) is 4.84. The van der Waals surface area contributed by atoms with E-state index in [1.54, 1.807) is 0 Å². The molecule has 0 spiro atoms. The zero-order chi connectivity index (χ0) is 20.1. The van der Waals surface area contributed by atoms with Crippen molar-refractivity contribution in [3.05, 3.63) is 73.9 Å². The normalized spacial score (nSPS) is 10.9. The van der Waals surface area contributed by atoms with Gasteiger partial charge in [0.25, 0.3) is 11.6 Å². The molecule has 2 aromatic carbocycles. The Bertz CT molecular complexity index is 970. The van der Waals surface area contributed by atoms with Crippen LogP contribution in [0.5, 0.6) is 0 Å². The summed E-state index contributed by atoms with van der Waals surface area (Å²) in [5, 5.41) is 25.6. The predicted molar refractivity (Wildman–Crippen MR) is 105 cm³/mol. The first-order valence-corrected chi connectivity index (χ1v) is 8.30. The third-order valence-electron chi connectivity index (χ3n) is 3.81. The van der Waals surface area contributed by atoms with E-state index in [0.29, 0.717) is 11.4 Å². The Hall–Kier alpha value is -3.37. The fourth-order valence-corrected chi connectivity index (χ4v) is 2.79. The van der Waals surface area contributed by atoms with Crippen molar-refractivity contribution in [3.63, 3.8) is 0 Å². The molecule has 2 N–H and O–H groups in total. The summed E-state index contributed by atoms with van der Waals surface area (Å²) in [6.07, 6.45) is 1.20. The van der Waals surface area contributed by atoms with Crippen LogP contribution in [0.2, 0.25) is 5.02 Å². The molecule has 2 aromatic rings. The van der Waals surface area contributed by atoms with E-state index >= 15 is 0 Å². The van der Waals surface area contributed by atoms with Crippen molar-refractivity contribution >= 4 is 34.6 Å². The lowest BCUT2D eigenvalue weighted by molar-refractivity contribution is -0.384. The number of nitro groups is 1. The maximum atomic E-state index is 12.4. The van der Waals surface area contributed by atoms with Gasteiger partial charge in [0.2, 0.25) is 0 Å². The largest absolute Gasteiger partial charge is 0.360 e. The number of nitrogens with zero attached hydrogens (tertiary/aromatic N) is 2. The van der Waals surface area contributed by atoms with Gasteiger partial charge >= 0.3 is 0 Å². The second-order valence-corrected chi connectivity index (χ2v) is 6.37. The van der Waals surface area contributed by atoms with E-state index in [2.05, 4.69) is 10.6 Å². The van der Waals surface area contributed by atoms with Gasteiger partial charge in [-0.1, -0.05) is 29.3 Å². The number of nitro benzene ring substituents is 1. The molecule has 0 saturated carbocycles. The molecule has 27 heavy (non-hydrogen) atoms. The Morgan fingerprint density at radius 3 is 2.41 bits per heavy atom. The fourth-order valence-electron chi connectivity index (χ4n) is 2.60. The van der Waals surface area contributed by atoms with Gasteiger partial charge in [0, 0.05) is 23.6 Å². The number of carbonyl (C=O) groups is 1. The van der Waals surface area contributed by atoms with Crippen LogP contribution in [0.3, 0.4) is 0 Å². The number of carbonyl (C=O) groups excluding carboxylic acids is 1. The van der Waals surface area contributed by atoms with Gasteiger partial charge in [-0.2, -0.15) is 5.26 Å². The average molecular weight is 385 g/mol. The molecule has 0 atom stereocenters. The van der Waals surface area contributed by atoms with E-state index in [9.17, 15) is 20.2 Å². The zero-order valence-corrected chi connectivity index (χ0v) is 15.7. The van der Waals surface area contributed by atoms with Crippen LogP contribution in [0, 0.1) is 42.2 Å². The number of benzene rings is 2. The molecule has 1 amide bonds. The molecule has 7 nitrogen and oxygen atoms in total. The summed E-state index contributed by atoms with van der Waals surface area (Å²) >= 11 is 5.76. The number of hydrogen-bond acceptors (Lipinski definition) is 5. The smallest absolute Gasteiger partial charge is 0.289 e. The highest BCUT2D eigenvalue weighted by Gasteiger charge is 2.14. The number of aryl methyl sites for hydroxylation is 3. The van der Waals surface area contributed by atoms with E-state index in [1.165, 1.54) is 24.4 Å². The van der Waals surface area contributed by atoms with E-state index in [-0.39, 0.29) is 16.3 Å². The van der Waals surface area contributed by atoms with Gasteiger partial charge in [-0.15, -0.1) is 0 Å². The topological polar surface area (TPSA) is 108 Å². The van der Waals surface area contributed by atoms with Crippen molar-refractivity contribution < 1.29 is 9.72 Å². The summed E-state index contributed by atoms with van der Waals surface area (Å²) in [6.45, 7) is 5.70. The zero-order valence-electron chi connectivity index (χ0n) is 15.0. The standard InChI is InChI=1S/C19H17ClN4O3/c1-11-6-12(2)18(13(3)7-11)23-19(25)14(9-21)10-22-15-4-5-16(20)17(8-15)24(26)27/h4-8,10,22H,1-3H3,(H,23,25)/b14-10-. The quantitative estimate of drug-likeness (QED) is 0.338. The number of nitrogens with one attached hydrogen (secondary N) is 2. The van der Waals surface area contributed by atoms with Gasteiger partial charge in [0.15, 0.2) is 0 Å². The van der Waals surface area contributed by atoms with Crippen LogP contribution < -0.4 is 10.6 Å². The first-order chi connectivity index (χ1) is 12.7. The van der Waals surface area contributed by atoms with E-state index in [1.807, 2.05) is 39.0 Å². The Balaban J connectivity index is 2.22. The van der Waals surface area contributed by atoms with Crippen molar-refractivity contribution in [2.45, 2.75) is 20.8 Å². The number of anilines is 2. The minimum absolute atomic E-state index is 0.00176. The monoisotopic (exact) mass is 384 g/mol. The first-order valence-electron chi connectivity index (χ1n) is 7.93. The Labute approximate surface area is 161 Å². The molecule has 0 aliphatic rings. The summed E-state index contributed by atoms with van der Waals surface area (Å²) < 4.78 is 0. The molecule has 138 valence electrons. The molecule has 0 aliphatic heterocycles. The van der Waals surface area contributed by atoms with Crippen LogP contribution in [-0.4, -0.2) is 10.8 Å². The maximum Gasteiger partial charge on any atom is 0.289 e. The Morgan fingerprint density at radius 1 is 1.22 bits per heavy atom. The lowest BCUT2D eigenvalue weighted by Crippen LogP contribution is -2.16. The van der Waals surface area contributed by atoms with Crippen molar-refractivity contribution in [3.8, 4) is 6.07 Å². The molecular formula is C19H17ClN4O3. The second-order valence-electron chi connectivity index (χ2n) is 5.97. The molecule has 8 heteroatoms. The lowest BCUT2D eigenvalue weighted by atomic mass is 10.0. The van der Waals surface area contributed by atoms with Gasteiger partial charge < -0.3 is 10.6 Å². The van der Waals surface area contributed by atoms with Crippen LogP contribution in [0.25, 0.3) is 0 Å². The number of halogens is 1. The maximum absolute atomic E-state index is 12.4. The highest BCUT2D eigenvalue weighted by molar-refractivity contribution is 6.32. The Kier molecular flexibility index (Phi) is 6.16. The van der Waals surface area contributed by atoms with Gasteiger partial charge in [0.05, 0.1) is 4.92 Å². The molecule has 0 saturated heterocycles. The van der Waals surface area contributed by atoms with Crippen molar-refractivity contribution in [2.75, 3.05) is 10.6 Å². The summed E-state index contributed by atoms with van der Waals surface area (Å²) in [7, 11) is 0. The minimum Gasteiger partial charge on any atom is -0.360 e. The number of amides is 1. The van der Waals surface area contributed by atoms with Gasteiger partial charge in [-0.05, 0) is 44.0 Å². The van der Waals surface area contributed by atoms with E-state index < -0.39 is 10.8 Å². The summed E-state index contributed by atoms with van der Waals surface area (Å²) in [4.78, 5) is 22.7. The first kappa shape index (κ1) is 19.9. The minimum atomic E-state index is -0.613. The van der Waals surface area contributed by atoms with Crippen molar-refractivity contribution in [1.82, 2.24) is 0 Å². The molecule has 0 heterocycles. The second kappa shape index (κ2) is 8.34. The van der Waals surface area contributed by atoms with Crippen LogP contribution in [0.1, 0.15) is 16.7 Å². The van der Waals surface area contributed by atoms with Crippen molar-refractivity contribution in [2.24, 2.45) is 0 Å². The van der Waals surface area contributed by atoms with Crippen LogP contribution in [0.15, 0.2) is 42.1 Å². The van der Waals surface area contributed by atoms with Crippen LogP contribution >= 0.6 is 11.6 Å². The molecule has 0 radical (unpaired) electrons. The average Bonchev–Trinajstić information content (AvgIpc) is 2.59. The number of nitriles is 1. The molecule has 0 unspecified atom stereocenters.